The number of carbonyl (C=O) groups is 1. The zero-order valence-corrected chi connectivity index (χ0v) is 19.6. The van der Waals surface area contributed by atoms with Crippen LogP contribution in [0.25, 0.3) is 6.08 Å². The first-order valence-corrected chi connectivity index (χ1v) is 11.3. The van der Waals surface area contributed by atoms with E-state index in [1.54, 1.807) is 12.0 Å². The van der Waals surface area contributed by atoms with Gasteiger partial charge in [-0.05, 0) is 68.7 Å². The van der Waals surface area contributed by atoms with E-state index in [-0.39, 0.29) is 5.91 Å². The van der Waals surface area contributed by atoms with Gasteiger partial charge < -0.3 is 9.64 Å². The molecule has 0 aromatic heterocycles. The minimum absolute atomic E-state index is 0.0338. The maximum Gasteiger partial charge on any atom is 0.260 e. The van der Waals surface area contributed by atoms with Crippen molar-refractivity contribution in [2.75, 3.05) is 38.2 Å². The Labute approximate surface area is 191 Å². The van der Waals surface area contributed by atoms with Crippen molar-refractivity contribution in [2.24, 2.45) is 4.99 Å². The molecule has 0 spiro atoms. The van der Waals surface area contributed by atoms with Crippen LogP contribution in [0.1, 0.15) is 31.9 Å². The number of amides is 1. The van der Waals surface area contributed by atoms with Crippen LogP contribution in [-0.4, -0.2) is 49.9 Å². The van der Waals surface area contributed by atoms with Crippen LogP contribution >= 0.6 is 0 Å². The molecule has 1 saturated heterocycles. The summed E-state index contributed by atoms with van der Waals surface area (Å²) >= 11 is 0. The molecule has 2 aromatic rings. The molecule has 5 heteroatoms. The van der Waals surface area contributed by atoms with E-state index in [0.717, 1.165) is 30.8 Å². The third kappa shape index (κ3) is 5.10. The lowest BCUT2D eigenvalue weighted by Gasteiger charge is -2.20. The van der Waals surface area contributed by atoms with Gasteiger partial charge in [0.1, 0.15) is 11.6 Å². The van der Waals surface area contributed by atoms with Gasteiger partial charge in [-0.3, -0.25) is 14.7 Å². The maximum atomic E-state index is 13.0. The first kappa shape index (κ1) is 23.3. The molecule has 1 aliphatic rings. The average molecular weight is 432 g/mol. The number of hydrogen-bond acceptors (Lipinski definition) is 4. The number of rotatable bonds is 9. The maximum absolute atomic E-state index is 13.0. The molecule has 1 fully saturated rings. The summed E-state index contributed by atoms with van der Waals surface area (Å²) in [4.78, 5) is 21.8. The lowest BCUT2D eigenvalue weighted by atomic mass is 10.1. The molecule has 0 atom stereocenters. The Hall–Kier alpha value is -3.34. The SMILES string of the molecule is C=C1C(=NCCc2ccc(OC)cc2)N(CC)C(=O)/C1=C\c1ccc(N(CC)CC)cc1. The van der Waals surface area contributed by atoms with Crippen molar-refractivity contribution >= 4 is 23.5 Å². The highest BCUT2D eigenvalue weighted by Gasteiger charge is 2.34. The standard InChI is InChI=1S/C27H33N3O2/c1-6-29(7-2)23-13-9-22(10-14-23)19-25-20(4)26(30(8-3)27(25)31)28-18-17-21-11-15-24(32-5)16-12-21/h9-16,19H,4,6-8,17-18H2,1-3,5H3/b25-19-,28-26?. The summed E-state index contributed by atoms with van der Waals surface area (Å²) in [6, 6.07) is 16.3. The number of aliphatic imine (C=N–C) groups is 1. The van der Waals surface area contributed by atoms with Crippen molar-refractivity contribution in [2.45, 2.75) is 27.2 Å². The molecule has 0 N–H and O–H groups in total. The zero-order valence-electron chi connectivity index (χ0n) is 19.6. The van der Waals surface area contributed by atoms with Crippen LogP contribution in [-0.2, 0) is 11.2 Å². The molecule has 1 aliphatic heterocycles. The Morgan fingerprint density at radius 2 is 1.69 bits per heavy atom. The number of likely N-dealkylation sites (tertiary alicyclic amines) is 1. The number of anilines is 1. The van der Waals surface area contributed by atoms with Crippen LogP contribution in [0.15, 0.2) is 71.2 Å². The summed E-state index contributed by atoms with van der Waals surface area (Å²) in [7, 11) is 1.66. The minimum atomic E-state index is -0.0338. The Balaban J connectivity index is 1.76. The van der Waals surface area contributed by atoms with Crippen molar-refractivity contribution in [1.29, 1.82) is 0 Å². The summed E-state index contributed by atoms with van der Waals surface area (Å²) < 4.78 is 5.21. The zero-order chi connectivity index (χ0) is 23.1. The average Bonchev–Trinajstić information content (AvgIpc) is 3.05. The van der Waals surface area contributed by atoms with E-state index in [1.165, 1.54) is 11.3 Å². The topological polar surface area (TPSA) is 45.1 Å². The summed E-state index contributed by atoms with van der Waals surface area (Å²) in [5, 5.41) is 0. The second-order valence-electron chi connectivity index (χ2n) is 7.65. The summed E-state index contributed by atoms with van der Waals surface area (Å²) in [5.74, 6) is 1.48. The van der Waals surface area contributed by atoms with Gasteiger partial charge in [-0.1, -0.05) is 30.8 Å². The number of nitrogens with zero attached hydrogens (tertiary/aromatic N) is 3. The summed E-state index contributed by atoms with van der Waals surface area (Å²) in [5.41, 5.74) is 4.66. The normalized spacial score (nSPS) is 16.3. The lowest BCUT2D eigenvalue weighted by Crippen LogP contribution is -2.29. The van der Waals surface area contributed by atoms with Crippen LogP contribution in [0.3, 0.4) is 0 Å². The van der Waals surface area contributed by atoms with Gasteiger partial charge in [-0.15, -0.1) is 0 Å². The van der Waals surface area contributed by atoms with Crippen molar-refractivity contribution in [3.05, 3.63) is 77.4 Å². The molecule has 168 valence electrons. The van der Waals surface area contributed by atoms with Crippen LogP contribution in [0.2, 0.25) is 0 Å². The van der Waals surface area contributed by atoms with Gasteiger partial charge in [0.05, 0.1) is 12.7 Å². The number of carbonyl (C=O) groups excluding carboxylic acids is 1. The predicted molar refractivity (Wildman–Crippen MR) is 134 cm³/mol. The monoisotopic (exact) mass is 431 g/mol. The van der Waals surface area contributed by atoms with Crippen LogP contribution < -0.4 is 9.64 Å². The van der Waals surface area contributed by atoms with E-state index in [1.807, 2.05) is 37.3 Å². The molecule has 0 aliphatic carbocycles. The predicted octanol–water partition coefficient (Wildman–Crippen LogP) is 4.98. The number of amidine groups is 1. The highest BCUT2D eigenvalue weighted by Crippen LogP contribution is 2.27. The van der Waals surface area contributed by atoms with E-state index in [2.05, 4.69) is 49.6 Å². The number of hydrogen-bond donors (Lipinski definition) is 0. The highest BCUT2D eigenvalue weighted by molar-refractivity contribution is 6.27. The minimum Gasteiger partial charge on any atom is -0.497 e. The molecule has 3 rings (SSSR count). The summed E-state index contributed by atoms with van der Waals surface area (Å²) in [6.07, 6.45) is 2.71. The number of ether oxygens (including phenoxy) is 1. The molecular formula is C27H33N3O2. The Morgan fingerprint density at radius 1 is 1.03 bits per heavy atom. The van der Waals surface area contributed by atoms with Crippen molar-refractivity contribution in [1.82, 2.24) is 4.90 Å². The number of methoxy groups -OCH3 is 1. The Bertz CT molecular complexity index is 1000. The van der Waals surface area contributed by atoms with Gasteiger partial charge in [0.25, 0.3) is 5.91 Å². The van der Waals surface area contributed by atoms with Crippen molar-refractivity contribution in [3.63, 3.8) is 0 Å². The van der Waals surface area contributed by atoms with E-state index in [0.29, 0.717) is 30.1 Å². The number of likely N-dealkylation sites (N-methyl/N-ethyl adjacent to an activating group) is 1. The molecular weight excluding hydrogens is 398 g/mol. The number of benzene rings is 2. The molecule has 0 saturated carbocycles. The van der Waals surface area contributed by atoms with Gasteiger partial charge in [-0.2, -0.15) is 0 Å². The smallest absolute Gasteiger partial charge is 0.260 e. The molecule has 0 bridgehead atoms. The highest BCUT2D eigenvalue weighted by atomic mass is 16.5. The van der Waals surface area contributed by atoms with Gasteiger partial charge in [-0.25, -0.2) is 0 Å². The first-order valence-electron chi connectivity index (χ1n) is 11.3. The van der Waals surface area contributed by atoms with Crippen LogP contribution in [0.5, 0.6) is 5.75 Å². The van der Waals surface area contributed by atoms with E-state index in [9.17, 15) is 4.79 Å². The molecule has 1 amide bonds. The van der Waals surface area contributed by atoms with Crippen molar-refractivity contribution < 1.29 is 9.53 Å². The summed E-state index contributed by atoms with van der Waals surface area (Å²) in [6.45, 7) is 13.5. The molecule has 0 radical (unpaired) electrons. The lowest BCUT2D eigenvalue weighted by molar-refractivity contribution is -0.122. The quantitative estimate of drug-likeness (QED) is 0.526. The van der Waals surface area contributed by atoms with Gasteiger partial charge in [0.2, 0.25) is 0 Å². The second kappa shape index (κ2) is 10.8. The van der Waals surface area contributed by atoms with E-state index in [4.69, 9.17) is 9.73 Å². The Morgan fingerprint density at radius 3 is 2.25 bits per heavy atom. The van der Waals surface area contributed by atoms with Gasteiger partial charge >= 0.3 is 0 Å². The first-order chi connectivity index (χ1) is 15.5. The second-order valence-corrected chi connectivity index (χ2v) is 7.65. The van der Waals surface area contributed by atoms with Crippen LogP contribution in [0, 0.1) is 0 Å². The fourth-order valence-corrected chi connectivity index (χ4v) is 3.90. The molecule has 0 unspecified atom stereocenters. The molecule has 32 heavy (non-hydrogen) atoms. The molecule has 5 nitrogen and oxygen atoms in total. The Kier molecular flexibility index (Phi) is 7.87. The van der Waals surface area contributed by atoms with E-state index < -0.39 is 0 Å². The van der Waals surface area contributed by atoms with E-state index >= 15 is 0 Å². The largest absolute Gasteiger partial charge is 0.497 e. The van der Waals surface area contributed by atoms with Crippen LogP contribution in [0.4, 0.5) is 5.69 Å². The third-order valence-corrected chi connectivity index (χ3v) is 5.80. The van der Waals surface area contributed by atoms with Gasteiger partial charge in [0.15, 0.2) is 0 Å². The fourth-order valence-electron chi connectivity index (χ4n) is 3.90. The molecule has 2 aromatic carbocycles. The van der Waals surface area contributed by atoms with Gasteiger partial charge in [0, 0.05) is 37.4 Å². The third-order valence-electron chi connectivity index (χ3n) is 5.80. The fraction of sp³-hybridized carbons (Fsp3) is 0.333. The van der Waals surface area contributed by atoms with Crippen molar-refractivity contribution in [3.8, 4) is 5.75 Å². The molecule has 1 heterocycles.